The van der Waals surface area contributed by atoms with Crippen LogP contribution in [-0.4, -0.2) is 11.1 Å². The summed E-state index contributed by atoms with van der Waals surface area (Å²) in [5.41, 5.74) is 4.33. The molecule has 0 amide bonds. The predicted octanol–water partition coefficient (Wildman–Crippen LogP) is 6.24. The number of hydrogen-bond donors (Lipinski definition) is 1. The summed E-state index contributed by atoms with van der Waals surface area (Å²) >= 11 is 6.19. The number of ether oxygens (including phenoxy) is 1. The fourth-order valence-electron chi connectivity index (χ4n) is 3.13. The van der Waals surface area contributed by atoms with Crippen molar-refractivity contribution in [3.8, 4) is 5.75 Å². The van der Waals surface area contributed by atoms with Crippen molar-refractivity contribution in [2.45, 2.75) is 33.3 Å². The van der Waals surface area contributed by atoms with Crippen molar-refractivity contribution >= 4 is 34.6 Å². The van der Waals surface area contributed by atoms with Gasteiger partial charge in [-0.1, -0.05) is 17.7 Å². The zero-order chi connectivity index (χ0) is 20.3. The fraction of sp³-hybridized carbons (Fsp3) is 0.227. The Balaban J connectivity index is 1.84. The molecule has 3 rings (SSSR count). The molecule has 0 aliphatic rings. The third-order valence-electron chi connectivity index (χ3n) is 4.75. The van der Waals surface area contributed by atoms with Crippen LogP contribution in [0.15, 0.2) is 41.1 Å². The maximum Gasteiger partial charge on any atom is 0.303 e. The van der Waals surface area contributed by atoms with Gasteiger partial charge in [-0.05, 0) is 61.2 Å². The van der Waals surface area contributed by atoms with E-state index in [1.165, 1.54) is 6.08 Å². The minimum atomic E-state index is -0.817. The van der Waals surface area contributed by atoms with Gasteiger partial charge in [0.1, 0.15) is 23.7 Å². The number of carbonyl (C=O) groups is 1. The molecule has 4 nitrogen and oxygen atoms in total. The molecular weight excluding hydrogens is 383 g/mol. The van der Waals surface area contributed by atoms with Gasteiger partial charge in [0.15, 0.2) is 0 Å². The Labute approximate surface area is 167 Å². The number of halogens is 2. The van der Waals surface area contributed by atoms with E-state index in [9.17, 15) is 9.18 Å². The van der Waals surface area contributed by atoms with Gasteiger partial charge in [0.2, 0.25) is 0 Å². The van der Waals surface area contributed by atoms with Gasteiger partial charge in [0.25, 0.3) is 0 Å². The minimum Gasteiger partial charge on any atom is -0.488 e. The first kappa shape index (κ1) is 20.0. The summed E-state index contributed by atoms with van der Waals surface area (Å²) in [5, 5.41) is 10.2. The van der Waals surface area contributed by atoms with Gasteiger partial charge >= 0.3 is 5.97 Å². The third kappa shape index (κ3) is 4.37. The molecule has 0 unspecified atom stereocenters. The smallest absolute Gasteiger partial charge is 0.303 e. The first-order valence-electron chi connectivity index (χ1n) is 8.81. The molecule has 1 heterocycles. The third-order valence-corrected chi connectivity index (χ3v) is 4.96. The number of benzene rings is 2. The Morgan fingerprint density at radius 1 is 1.21 bits per heavy atom. The van der Waals surface area contributed by atoms with Crippen LogP contribution in [0, 0.1) is 13.8 Å². The molecule has 0 saturated heterocycles. The molecule has 1 N–H and O–H groups in total. The van der Waals surface area contributed by atoms with E-state index in [1.54, 1.807) is 18.2 Å². The topological polar surface area (TPSA) is 59.7 Å². The highest BCUT2D eigenvalue weighted by Crippen LogP contribution is 2.30. The van der Waals surface area contributed by atoms with Crippen LogP contribution in [0.25, 0.3) is 17.0 Å². The van der Waals surface area contributed by atoms with Crippen LogP contribution in [0.5, 0.6) is 5.75 Å². The van der Waals surface area contributed by atoms with E-state index in [4.69, 9.17) is 25.9 Å². The lowest BCUT2D eigenvalue weighted by atomic mass is 9.99. The van der Waals surface area contributed by atoms with Crippen molar-refractivity contribution in [1.82, 2.24) is 0 Å². The summed E-state index contributed by atoms with van der Waals surface area (Å²) in [6.07, 6.45) is 2.24. The lowest BCUT2D eigenvalue weighted by Gasteiger charge is -2.14. The van der Waals surface area contributed by atoms with Gasteiger partial charge < -0.3 is 14.3 Å². The van der Waals surface area contributed by atoms with E-state index in [0.29, 0.717) is 34.9 Å². The average molecular weight is 403 g/mol. The maximum atomic E-state index is 12.4. The summed E-state index contributed by atoms with van der Waals surface area (Å²) in [4.78, 5) is 10.8. The monoisotopic (exact) mass is 402 g/mol. The molecular formula is C22H20ClFO4. The number of furan rings is 1. The van der Waals surface area contributed by atoms with Crippen LogP contribution < -0.4 is 4.74 Å². The van der Waals surface area contributed by atoms with Gasteiger partial charge in [-0.3, -0.25) is 4.79 Å². The van der Waals surface area contributed by atoms with Crippen LogP contribution in [0.1, 0.15) is 34.4 Å². The summed E-state index contributed by atoms with van der Waals surface area (Å²) in [5.74, 6) is 0.290. The Morgan fingerprint density at radius 3 is 2.71 bits per heavy atom. The second-order valence-electron chi connectivity index (χ2n) is 6.58. The molecule has 0 bridgehead atoms. The number of fused-ring (bicyclic) bond motifs is 1. The molecule has 0 aliphatic heterocycles. The van der Waals surface area contributed by atoms with Crippen molar-refractivity contribution in [3.05, 3.63) is 69.7 Å². The fourth-order valence-corrected chi connectivity index (χ4v) is 3.38. The van der Waals surface area contributed by atoms with E-state index >= 15 is 0 Å². The van der Waals surface area contributed by atoms with Gasteiger partial charge in [-0.15, -0.1) is 0 Å². The number of aliphatic carboxylic acids is 1. The molecule has 3 aromatic rings. The second-order valence-corrected chi connectivity index (χ2v) is 7.02. The van der Waals surface area contributed by atoms with E-state index < -0.39 is 5.97 Å². The number of carboxylic acids is 1. The zero-order valence-electron chi connectivity index (χ0n) is 15.6. The standard InChI is InChI=1S/C22H20ClFO4/c1-13-14(2)20(5-3-15(13)4-6-21(25)26)27-12-17-10-18(23)9-16-11-19(7-8-24)28-22(16)17/h3,5,7-11H,4,6,12H2,1-2H3,(H,25,26). The first-order valence-corrected chi connectivity index (χ1v) is 9.19. The lowest BCUT2D eigenvalue weighted by molar-refractivity contribution is -0.136. The van der Waals surface area contributed by atoms with Gasteiger partial charge in [-0.2, -0.15) is 0 Å². The van der Waals surface area contributed by atoms with Gasteiger partial charge in [0, 0.05) is 28.5 Å². The number of rotatable bonds is 7. The number of hydrogen-bond acceptors (Lipinski definition) is 3. The largest absolute Gasteiger partial charge is 0.488 e. The normalized spacial score (nSPS) is 11.4. The van der Waals surface area contributed by atoms with E-state index in [2.05, 4.69) is 0 Å². The van der Waals surface area contributed by atoms with Crippen molar-refractivity contribution in [3.63, 3.8) is 0 Å². The lowest BCUT2D eigenvalue weighted by Crippen LogP contribution is -2.03. The second kappa shape index (κ2) is 8.48. The maximum absolute atomic E-state index is 12.4. The summed E-state index contributed by atoms with van der Waals surface area (Å²) in [6, 6.07) is 8.98. The highest BCUT2D eigenvalue weighted by atomic mass is 35.5. The summed E-state index contributed by atoms with van der Waals surface area (Å²) < 4.78 is 24.1. The highest BCUT2D eigenvalue weighted by molar-refractivity contribution is 6.31. The Hall–Kier alpha value is -2.79. The molecule has 146 valence electrons. The van der Waals surface area contributed by atoms with Gasteiger partial charge in [-0.25, -0.2) is 4.39 Å². The molecule has 0 radical (unpaired) electrons. The predicted molar refractivity (Wildman–Crippen MR) is 108 cm³/mol. The Morgan fingerprint density at radius 2 is 2.00 bits per heavy atom. The molecule has 0 saturated carbocycles. The van der Waals surface area contributed by atoms with E-state index in [0.717, 1.165) is 27.6 Å². The van der Waals surface area contributed by atoms with Crippen LogP contribution in [0.2, 0.25) is 5.02 Å². The summed E-state index contributed by atoms with van der Waals surface area (Å²) in [7, 11) is 0. The van der Waals surface area contributed by atoms with Crippen LogP contribution in [-0.2, 0) is 17.8 Å². The Kier molecular flexibility index (Phi) is 6.05. The molecule has 0 fully saturated rings. The summed E-state index contributed by atoms with van der Waals surface area (Å²) in [6.45, 7) is 4.14. The molecule has 0 atom stereocenters. The highest BCUT2D eigenvalue weighted by Gasteiger charge is 2.13. The molecule has 0 spiro atoms. The van der Waals surface area contributed by atoms with Crippen LogP contribution >= 0.6 is 11.6 Å². The SMILES string of the molecule is Cc1c(CCC(=O)O)ccc(OCc2cc(Cl)cc3cc(C=CF)oc23)c1C. The van der Waals surface area contributed by atoms with Crippen LogP contribution in [0.3, 0.4) is 0 Å². The molecule has 1 aromatic heterocycles. The molecule has 0 aliphatic carbocycles. The van der Waals surface area contributed by atoms with E-state index in [1.807, 2.05) is 26.0 Å². The Bertz CT molecular complexity index is 1050. The van der Waals surface area contributed by atoms with E-state index in [-0.39, 0.29) is 13.0 Å². The van der Waals surface area contributed by atoms with Crippen molar-refractivity contribution in [1.29, 1.82) is 0 Å². The number of aryl methyl sites for hydroxylation is 1. The molecule has 6 heteroatoms. The van der Waals surface area contributed by atoms with Crippen molar-refractivity contribution < 1.29 is 23.4 Å². The van der Waals surface area contributed by atoms with Crippen molar-refractivity contribution in [2.24, 2.45) is 0 Å². The number of carboxylic acid groups (broad SMARTS) is 1. The van der Waals surface area contributed by atoms with Gasteiger partial charge in [0.05, 0.1) is 6.33 Å². The molecule has 28 heavy (non-hydrogen) atoms. The van der Waals surface area contributed by atoms with Crippen LogP contribution in [0.4, 0.5) is 4.39 Å². The van der Waals surface area contributed by atoms with Crippen molar-refractivity contribution in [2.75, 3.05) is 0 Å². The average Bonchev–Trinajstić information content (AvgIpc) is 3.04. The zero-order valence-corrected chi connectivity index (χ0v) is 16.3. The minimum absolute atomic E-state index is 0.0924. The first-order chi connectivity index (χ1) is 13.4. The quantitative estimate of drug-likeness (QED) is 0.508. The molecule has 2 aromatic carbocycles.